The number of non-ortho nitro benzene ring substituents is 1. The van der Waals surface area contributed by atoms with E-state index >= 15 is 0 Å². The summed E-state index contributed by atoms with van der Waals surface area (Å²) in [6.45, 7) is -0.964. The zero-order chi connectivity index (χ0) is 18.8. The molecule has 0 aliphatic heterocycles. The van der Waals surface area contributed by atoms with Crippen LogP contribution in [0.4, 0.5) is 11.4 Å². The van der Waals surface area contributed by atoms with Crippen molar-refractivity contribution in [3.63, 3.8) is 0 Å². The summed E-state index contributed by atoms with van der Waals surface area (Å²) in [5, 5.41) is 19.8. The van der Waals surface area contributed by atoms with E-state index in [-0.39, 0.29) is 15.7 Å². The highest BCUT2D eigenvalue weighted by atomic mass is 35.5. The molecule has 11 heteroatoms. The zero-order valence-corrected chi connectivity index (χ0v) is 14.6. The fraction of sp³-hybridized carbons (Fsp3) is 0.0714. The third-order valence-corrected chi connectivity index (χ3v) is 5.43. The lowest BCUT2D eigenvalue weighted by atomic mass is 10.3. The van der Waals surface area contributed by atoms with Crippen molar-refractivity contribution in [2.75, 3.05) is 10.8 Å². The van der Waals surface area contributed by atoms with Crippen LogP contribution in [0.1, 0.15) is 0 Å². The molecule has 25 heavy (non-hydrogen) atoms. The Labute approximate surface area is 152 Å². The van der Waals surface area contributed by atoms with E-state index in [4.69, 9.17) is 28.3 Å². The molecule has 132 valence electrons. The third-order valence-electron chi connectivity index (χ3n) is 3.08. The lowest BCUT2D eigenvalue weighted by Crippen LogP contribution is -2.36. The summed E-state index contributed by atoms with van der Waals surface area (Å²) in [5.74, 6) is -1.45. The molecule has 0 aliphatic rings. The standard InChI is InChI=1S/C14H10Cl2N2O6S/c15-11-5-2-6-12(16)14(11)17(8-13(19)20)25(23,24)10-4-1-3-9(7-10)18(21)22/h1-7H,8H2,(H,19,20). The average Bonchev–Trinajstić information content (AvgIpc) is 2.53. The van der Waals surface area contributed by atoms with Crippen molar-refractivity contribution in [1.29, 1.82) is 0 Å². The number of sulfonamides is 1. The molecule has 0 spiro atoms. The Morgan fingerprint density at radius 3 is 2.24 bits per heavy atom. The minimum absolute atomic E-state index is 0.0808. The molecule has 8 nitrogen and oxygen atoms in total. The SMILES string of the molecule is O=C(O)CN(c1c(Cl)cccc1Cl)S(=O)(=O)c1cccc([N+](=O)[O-])c1. The molecule has 0 atom stereocenters. The maximum absolute atomic E-state index is 12.9. The van der Waals surface area contributed by atoms with Crippen molar-refractivity contribution in [3.8, 4) is 0 Å². The average molecular weight is 405 g/mol. The molecule has 0 heterocycles. The van der Waals surface area contributed by atoms with Crippen molar-refractivity contribution >= 4 is 50.6 Å². The number of benzene rings is 2. The van der Waals surface area contributed by atoms with Crippen LogP contribution in [0.3, 0.4) is 0 Å². The fourth-order valence-electron chi connectivity index (χ4n) is 2.02. The van der Waals surface area contributed by atoms with E-state index in [9.17, 15) is 23.3 Å². The van der Waals surface area contributed by atoms with Gasteiger partial charge >= 0.3 is 5.97 Å². The molecular formula is C14H10Cl2N2O6S. The predicted octanol–water partition coefficient (Wildman–Crippen LogP) is 3.18. The predicted molar refractivity (Wildman–Crippen MR) is 91.7 cm³/mol. The smallest absolute Gasteiger partial charge is 0.324 e. The van der Waals surface area contributed by atoms with Crippen molar-refractivity contribution in [2.24, 2.45) is 0 Å². The molecule has 1 N–H and O–H groups in total. The van der Waals surface area contributed by atoms with Gasteiger partial charge in [0.05, 0.1) is 25.6 Å². The highest BCUT2D eigenvalue weighted by Crippen LogP contribution is 2.37. The van der Waals surface area contributed by atoms with Crippen LogP contribution < -0.4 is 4.31 Å². The van der Waals surface area contributed by atoms with Gasteiger partial charge in [-0.15, -0.1) is 0 Å². The summed E-state index contributed by atoms with van der Waals surface area (Å²) in [6, 6.07) is 8.40. The summed E-state index contributed by atoms with van der Waals surface area (Å²) >= 11 is 12.0. The van der Waals surface area contributed by atoms with Gasteiger partial charge in [0.2, 0.25) is 0 Å². The summed E-state index contributed by atoms with van der Waals surface area (Å²) in [4.78, 5) is 20.8. The molecular weight excluding hydrogens is 395 g/mol. The van der Waals surface area contributed by atoms with Crippen molar-refractivity contribution in [1.82, 2.24) is 0 Å². The molecule has 0 amide bonds. The van der Waals surface area contributed by atoms with Gasteiger partial charge in [-0.3, -0.25) is 19.2 Å². The number of hydrogen-bond donors (Lipinski definition) is 1. The first-order valence-electron chi connectivity index (χ1n) is 6.57. The number of nitro groups is 1. The number of nitrogens with zero attached hydrogens (tertiary/aromatic N) is 2. The molecule has 2 rings (SSSR count). The van der Waals surface area contributed by atoms with E-state index in [1.165, 1.54) is 24.3 Å². The van der Waals surface area contributed by atoms with Gasteiger partial charge in [-0.25, -0.2) is 8.42 Å². The Kier molecular flexibility index (Phi) is 5.51. The minimum Gasteiger partial charge on any atom is -0.480 e. The van der Waals surface area contributed by atoms with Gasteiger partial charge in [-0.2, -0.15) is 0 Å². The van der Waals surface area contributed by atoms with Crippen LogP contribution in [-0.2, 0) is 14.8 Å². The molecule has 0 radical (unpaired) electrons. The second kappa shape index (κ2) is 7.26. The van der Waals surface area contributed by atoms with E-state index in [2.05, 4.69) is 0 Å². The van der Waals surface area contributed by atoms with Gasteiger partial charge in [0.1, 0.15) is 6.54 Å². The van der Waals surface area contributed by atoms with Gasteiger partial charge < -0.3 is 5.11 Å². The Morgan fingerprint density at radius 2 is 1.72 bits per heavy atom. The Bertz CT molecular complexity index is 928. The summed E-state index contributed by atoms with van der Waals surface area (Å²) in [5.41, 5.74) is -0.679. The number of nitro benzene ring substituents is 1. The quantitative estimate of drug-likeness (QED) is 0.583. The van der Waals surface area contributed by atoms with Crippen molar-refractivity contribution < 1.29 is 23.2 Å². The number of para-hydroxylation sites is 1. The Hall–Kier alpha value is -2.36. The highest BCUT2D eigenvalue weighted by Gasteiger charge is 2.31. The summed E-state index contributed by atoms with van der Waals surface area (Å²) in [6.07, 6.45) is 0. The van der Waals surface area contributed by atoms with E-state index in [0.717, 1.165) is 18.2 Å². The molecule has 0 aliphatic carbocycles. The van der Waals surface area contributed by atoms with Gasteiger partial charge in [-0.05, 0) is 18.2 Å². The van der Waals surface area contributed by atoms with Gasteiger partial charge in [0.25, 0.3) is 15.7 Å². The highest BCUT2D eigenvalue weighted by molar-refractivity contribution is 7.92. The third kappa shape index (κ3) is 4.01. The molecule has 2 aromatic rings. The molecule has 2 aromatic carbocycles. The van der Waals surface area contributed by atoms with Crippen molar-refractivity contribution in [2.45, 2.75) is 4.90 Å². The number of anilines is 1. The first-order chi connectivity index (χ1) is 11.6. The second-order valence-corrected chi connectivity index (χ2v) is 7.41. The van der Waals surface area contributed by atoms with Gasteiger partial charge in [0.15, 0.2) is 0 Å². The fourth-order valence-corrected chi connectivity index (χ4v) is 4.21. The maximum atomic E-state index is 12.9. The van der Waals surface area contributed by atoms with Crippen molar-refractivity contribution in [3.05, 3.63) is 62.6 Å². The van der Waals surface area contributed by atoms with Crippen LogP contribution in [0.25, 0.3) is 0 Å². The molecule has 0 bridgehead atoms. The monoisotopic (exact) mass is 404 g/mol. The largest absolute Gasteiger partial charge is 0.480 e. The van der Waals surface area contributed by atoms with Gasteiger partial charge in [0, 0.05) is 12.1 Å². The number of carbonyl (C=O) groups is 1. The van der Waals surface area contributed by atoms with Gasteiger partial charge in [-0.1, -0.05) is 35.3 Å². The molecule has 0 aromatic heterocycles. The summed E-state index contributed by atoms with van der Waals surface area (Å²) in [7, 11) is -4.47. The Morgan fingerprint density at radius 1 is 1.16 bits per heavy atom. The number of halogens is 2. The molecule has 0 unspecified atom stereocenters. The second-order valence-electron chi connectivity index (χ2n) is 4.73. The number of carboxylic acid groups (broad SMARTS) is 1. The van der Waals surface area contributed by atoms with Crippen LogP contribution in [0, 0.1) is 10.1 Å². The minimum atomic E-state index is -4.47. The lowest BCUT2D eigenvalue weighted by Gasteiger charge is -2.24. The van der Waals surface area contributed by atoms with Crippen LogP contribution in [0.15, 0.2) is 47.4 Å². The first kappa shape index (κ1) is 19.0. The van der Waals surface area contributed by atoms with Crippen LogP contribution in [-0.4, -0.2) is 31.0 Å². The van der Waals surface area contributed by atoms with Crippen LogP contribution in [0.5, 0.6) is 0 Å². The van der Waals surface area contributed by atoms with E-state index in [0.29, 0.717) is 4.31 Å². The van der Waals surface area contributed by atoms with E-state index in [1.54, 1.807) is 0 Å². The maximum Gasteiger partial charge on any atom is 0.324 e. The number of rotatable bonds is 6. The van der Waals surface area contributed by atoms with E-state index < -0.39 is 38.0 Å². The molecule has 0 fully saturated rings. The number of aliphatic carboxylic acids is 1. The lowest BCUT2D eigenvalue weighted by molar-refractivity contribution is -0.385. The Balaban J connectivity index is 2.67. The molecule has 0 saturated carbocycles. The molecule has 0 saturated heterocycles. The number of hydrogen-bond acceptors (Lipinski definition) is 5. The van der Waals surface area contributed by atoms with Crippen LogP contribution >= 0.6 is 23.2 Å². The van der Waals surface area contributed by atoms with E-state index in [1.807, 2.05) is 0 Å². The number of carboxylic acids is 1. The van der Waals surface area contributed by atoms with Crippen LogP contribution in [0.2, 0.25) is 10.0 Å². The normalized spacial score (nSPS) is 11.1. The summed E-state index contributed by atoms with van der Waals surface area (Å²) < 4.78 is 26.2. The topological polar surface area (TPSA) is 118 Å². The first-order valence-corrected chi connectivity index (χ1v) is 8.77. The zero-order valence-electron chi connectivity index (χ0n) is 12.3.